The minimum Gasteiger partial charge on any atom is -0.417 e. The Morgan fingerprint density at radius 3 is 3.07 bits per heavy atom. The second kappa shape index (κ2) is 3.41. The Bertz CT molecular complexity index is 651. The molecule has 4 heteroatoms. The molecule has 0 unspecified atom stereocenters. The lowest BCUT2D eigenvalue weighted by Gasteiger charge is -1.99. The topological polar surface area (TPSA) is 46.8 Å². The first kappa shape index (κ1) is 5.05. The van der Waals surface area contributed by atoms with Crippen LogP contribution in [-0.4, -0.2) is 23.3 Å². The molecular formula is C10H10N2O2. The van der Waals surface area contributed by atoms with Crippen molar-refractivity contribution in [3.05, 3.63) is 35.9 Å². The van der Waals surface area contributed by atoms with E-state index in [9.17, 15) is 0 Å². The predicted octanol–water partition coefficient (Wildman–Crippen LogP) is 1.51. The molecule has 1 N–H and O–H groups in total. The normalized spacial score (nSPS) is 15.2. The van der Waals surface area contributed by atoms with Crippen molar-refractivity contribution in [3.8, 4) is 0 Å². The molecule has 0 aliphatic carbocycles. The summed E-state index contributed by atoms with van der Waals surface area (Å²) in [6.45, 7) is 0. The van der Waals surface area contributed by atoms with Crippen molar-refractivity contribution in [3.63, 3.8) is 0 Å². The van der Waals surface area contributed by atoms with E-state index in [-0.39, 0.29) is 35.1 Å². The van der Waals surface area contributed by atoms with Crippen molar-refractivity contribution in [2.45, 2.75) is 0 Å². The number of oxime groups is 1. The van der Waals surface area contributed by atoms with E-state index in [1.165, 1.54) is 18.0 Å². The molecule has 14 heavy (non-hydrogen) atoms. The van der Waals surface area contributed by atoms with Crippen LogP contribution in [0.2, 0.25) is 0 Å². The van der Waals surface area contributed by atoms with Crippen LogP contribution < -0.4 is 4.84 Å². The number of para-hydroxylation sites is 1. The summed E-state index contributed by atoms with van der Waals surface area (Å²) in [6, 6.07) is -1.08. The molecule has 1 aromatic heterocycles. The highest BCUT2D eigenvalue weighted by Crippen LogP contribution is 2.18. The van der Waals surface area contributed by atoms with Crippen molar-refractivity contribution in [1.82, 2.24) is 4.73 Å². The van der Waals surface area contributed by atoms with Gasteiger partial charge in [0, 0.05) is 10.9 Å². The summed E-state index contributed by atoms with van der Waals surface area (Å²) in [4.78, 5) is 5.01. The fraction of sp³-hybridized carbons (Fsp3) is 0.100. The van der Waals surface area contributed by atoms with E-state index < -0.39 is 0 Å². The van der Waals surface area contributed by atoms with E-state index in [2.05, 4.69) is 5.16 Å². The third-order valence-electron chi connectivity index (χ3n) is 1.83. The molecule has 0 aliphatic heterocycles. The van der Waals surface area contributed by atoms with Crippen LogP contribution in [-0.2, 0) is 0 Å². The summed E-state index contributed by atoms with van der Waals surface area (Å²) in [7, 11) is 1.38. The fourth-order valence-corrected chi connectivity index (χ4v) is 1.24. The number of hydrogen-bond donors (Lipinski definition) is 1. The van der Waals surface area contributed by atoms with Crippen LogP contribution in [0.1, 0.15) is 11.0 Å². The van der Waals surface area contributed by atoms with Gasteiger partial charge in [0.25, 0.3) is 0 Å². The van der Waals surface area contributed by atoms with Gasteiger partial charge in [-0.15, -0.1) is 0 Å². The smallest absolute Gasteiger partial charge is 0.104 e. The first-order chi connectivity index (χ1) is 8.52. The molecule has 0 saturated heterocycles. The number of fused-ring (bicyclic) bond motifs is 1. The summed E-state index contributed by atoms with van der Waals surface area (Å²) in [6.07, 6.45) is 2.53. The lowest BCUT2D eigenvalue weighted by molar-refractivity contribution is 0.179. The van der Waals surface area contributed by atoms with E-state index in [0.29, 0.717) is 5.56 Å². The third-order valence-corrected chi connectivity index (χ3v) is 1.83. The van der Waals surface area contributed by atoms with Crippen LogP contribution in [0.5, 0.6) is 0 Å². The van der Waals surface area contributed by atoms with Gasteiger partial charge in [-0.3, -0.25) is 0 Å². The zero-order chi connectivity index (χ0) is 13.4. The average molecular weight is 194 g/mol. The maximum Gasteiger partial charge on any atom is 0.104 e. The number of aromatic nitrogens is 1. The maximum absolute atomic E-state index is 8.57. The molecule has 1 aromatic carbocycles. The SMILES string of the molecule is [2H]c1c([2H])c([2H])c2c(c(/C=N/O)cn2OC)c1[2H]. The number of rotatable bonds is 2. The summed E-state index contributed by atoms with van der Waals surface area (Å²) >= 11 is 0. The van der Waals surface area contributed by atoms with Crippen LogP contribution in [0.3, 0.4) is 0 Å². The van der Waals surface area contributed by atoms with Crippen molar-refractivity contribution < 1.29 is 15.5 Å². The molecule has 0 bridgehead atoms. The molecule has 0 fully saturated rings. The molecule has 0 amide bonds. The van der Waals surface area contributed by atoms with Gasteiger partial charge in [0.05, 0.1) is 23.4 Å². The van der Waals surface area contributed by atoms with Gasteiger partial charge in [-0.1, -0.05) is 23.3 Å². The largest absolute Gasteiger partial charge is 0.417 e. The number of nitrogens with zero attached hydrogens (tertiary/aromatic N) is 2. The van der Waals surface area contributed by atoms with Gasteiger partial charge < -0.3 is 10.0 Å². The van der Waals surface area contributed by atoms with Crippen LogP contribution in [0.4, 0.5) is 0 Å². The molecule has 0 radical (unpaired) electrons. The fourth-order valence-electron chi connectivity index (χ4n) is 1.24. The second-order valence-corrected chi connectivity index (χ2v) is 2.56. The minimum atomic E-state index is -0.339. The summed E-state index contributed by atoms with van der Waals surface area (Å²) in [5.74, 6) is 0. The number of benzene rings is 1. The van der Waals surface area contributed by atoms with Gasteiger partial charge in [-0.2, -0.15) is 4.73 Å². The third kappa shape index (κ3) is 1.21. The Balaban J connectivity index is 3.01. The molecule has 0 saturated carbocycles. The van der Waals surface area contributed by atoms with Crippen LogP contribution in [0.25, 0.3) is 10.9 Å². The highest BCUT2D eigenvalue weighted by molar-refractivity contribution is 5.99. The average Bonchev–Trinajstić information content (AvgIpc) is 2.73. The Hall–Kier alpha value is -1.97. The lowest BCUT2D eigenvalue weighted by atomic mass is 10.2. The second-order valence-electron chi connectivity index (χ2n) is 2.56. The minimum absolute atomic E-state index is 0.198. The zero-order valence-electron chi connectivity index (χ0n) is 11.4. The first-order valence-electron chi connectivity index (χ1n) is 5.86. The molecule has 0 aliphatic rings. The molecule has 2 aromatic rings. The van der Waals surface area contributed by atoms with Gasteiger partial charge in [0.1, 0.15) is 7.11 Å². The van der Waals surface area contributed by atoms with Gasteiger partial charge >= 0.3 is 0 Å². The Morgan fingerprint density at radius 2 is 2.36 bits per heavy atom. The van der Waals surface area contributed by atoms with Crippen molar-refractivity contribution in [2.24, 2.45) is 5.16 Å². The Morgan fingerprint density at radius 1 is 1.57 bits per heavy atom. The van der Waals surface area contributed by atoms with E-state index in [1.54, 1.807) is 0 Å². The highest BCUT2D eigenvalue weighted by atomic mass is 16.6. The Labute approximate surface area is 86.6 Å². The monoisotopic (exact) mass is 194 g/mol. The molecular weight excluding hydrogens is 180 g/mol. The predicted molar refractivity (Wildman–Crippen MR) is 53.8 cm³/mol. The summed E-state index contributed by atoms with van der Waals surface area (Å²) in [5, 5.41) is 11.7. The molecule has 2 rings (SSSR count). The maximum atomic E-state index is 8.57. The van der Waals surface area contributed by atoms with Gasteiger partial charge in [0.15, 0.2) is 0 Å². The number of hydrogen-bond acceptors (Lipinski definition) is 3. The van der Waals surface area contributed by atoms with E-state index in [4.69, 9.17) is 15.5 Å². The van der Waals surface area contributed by atoms with Crippen molar-refractivity contribution in [1.29, 1.82) is 0 Å². The zero-order valence-corrected chi connectivity index (χ0v) is 7.40. The van der Waals surface area contributed by atoms with Crippen LogP contribution >= 0.6 is 0 Å². The van der Waals surface area contributed by atoms with Gasteiger partial charge in [-0.05, 0) is 6.04 Å². The molecule has 72 valence electrons. The van der Waals surface area contributed by atoms with Gasteiger partial charge in [-0.25, -0.2) is 0 Å². The van der Waals surface area contributed by atoms with E-state index in [1.807, 2.05) is 0 Å². The standard InChI is InChI=1S/C10H10N2O2/c1-14-12-7-8(6-11-13)9-4-2-3-5-10(9)12/h2-7,13H,1H3/b11-6+/i2D,3D,4D,5D. The molecule has 1 heterocycles. The molecule has 0 spiro atoms. The van der Waals surface area contributed by atoms with E-state index >= 15 is 0 Å². The van der Waals surface area contributed by atoms with Crippen LogP contribution in [0, 0.1) is 0 Å². The first-order valence-corrected chi connectivity index (χ1v) is 3.86. The van der Waals surface area contributed by atoms with Crippen LogP contribution in [0.15, 0.2) is 35.5 Å². The quantitative estimate of drug-likeness (QED) is 0.447. The van der Waals surface area contributed by atoms with E-state index in [0.717, 1.165) is 6.21 Å². The molecule has 0 atom stereocenters. The Kier molecular flexibility index (Phi) is 1.23. The lowest BCUT2D eigenvalue weighted by Crippen LogP contribution is -2.02. The highest BCUT2D eigenvalue weighted by Gasteiger charge is 2.05. The summed E-state index contributed by atoms with van der Waals surface area (Å²) < 4.78 is 32.1. The van der Waals surface area contributed by atoms with Gasteiger partial charge in [0.2, 0.25) is 0 Å². The van der Waals surface area contributed by atoms with Crippen molar-refractivity contribution in [2.75, 3.05) is 7.11 Å². The summed E-state index contributed by atoms with van der Waals surface area (Å²) in [5.41, 5.74) is 0.555. The molecule has 4 nitrogen and oxygen atoms in total. The van der Waals surface area contributed by atoms with Crippen molar-refractivity contribution >= 4 is 17.1 Å².